The topological polar surface area (TPSA) is 58.6 Å². The summed E-state index contributed by atoms with van der Waals surface area (Å²) in [5, 5.41) is 3.11. The Morgan fingerprint density at radius 1 is 1.25 bits per heavy atom. The van der Waals surface area contributed by atoms with Gasteiger partial charge in [-0.25, -0.2) is 0 Å². The third kappa shape index (κ3) is 5.81. The molecule has 1 N–H and O–H groups in total. The predicted molar refractivity (Wildman–Crippen MR) is 129 cm³/mol. The van der Waals surface area contributed by atoms with E-state index in [0.29, 0.717) is 12.0 Å². The first-order valence-electron chi connectivity index (χ1n) is 12.2. The van der Waals surface area contributed by atoms with Crippen molar-refractivity contribution in [3.8, 4) is 5.75 Å². The van der Waals surface area contributed by atoms with Crippen LogP contribution in [0.15, 0.2) is 49.1 Å². The Morgan fingerprint density at radius 3 is 2.88 bits per heavy atom. The molecule has 2 fully saturated rings. The molecule has 5 nitrogen and oxygen atoms in total. The van der Waals surface area contributed by atoms with E-state index >= 15 is 0 Å². The Bertz CT molecular complexity index is 848. The van der Waals surface area contributed by atoms with Gasteiger partial charge in [0.05, 0.1) is 0 Å². The Hall–Kier alpha value is -2.56. The second-order valence-electron chi connectivity index (χ2n) is 9.51. The van der Waals surface area contributed by atoms with Crippen molar-refractivity contribution in [3.05, 3.63) is 54.6 Å². The summed E-state index contributed by atoms with van der Waals surface area (Å²) in [4.78, 5) is 26.7. The number of piperidine rings is 1. The highest BCUT2D eigenvalue weighted by atomic mass is 16.5. The molecule has 3 aliphatic rings. The molecule has 2 aliphatic carbocycles. The molecular weight excluding hydrogens is 400 g/mol. The third-order valence-electron chi connectivity index (χ3n) is 7.28. The van der Waals surface area contributed by atoms with Gasteiger partial charge in [-0.2, -0.15) is 0 Å². The highest BCUT2D eigenvalue weighted by molar-refractivity contribution is 5.94. The molecule has 5 heteroatoms. The lowest BCUT2D eigenvalue weighted by Gasteiger charge is -2.32. The largest absolute Gasteiger partial charge is 0.490 e. The Balaban J connectivity index is 0.00000306. The summed E-state index contributed by atoms with van der Waals surface area (Å²) in [7, 11) is 0. The van der Waals surface area contributed by atoms with E-state index in [2.05, 4.69) is 24.0 Å². The first-order chi connectivity index (χ1) is 15.6. The van der Waals surface area contributed by atoms with Crippen LogP contribution in [0.4, 0.5) is 0 Å². The molecule has 2 bridgehead atoms. The second kappa shape index (κ2) is 10.8. The van der Waals surface area contributed by atoms with E-state index < -0.39 is 0 Å². The lowest BCUT2D eigenvalue weighted by atomic mass is 9.89. The van der Waals surface area contributed by atoms with Crippen molar-refractivity contribution in [1.82, 2.24) is 10.2 Å². The Kier molecular flexibility index (Phi) is 7.67. The average molecular weight is 439 g/mol. The second-order valence-corrected chi connectivity index (χ2v) is 9.51. The van der Waals surface area contributed by atoms with E-state index in [-0.39, 0.29) is 19.3 Å². The molecule has 1 aromatic rings. The van der Waals surface area contributed by atoms with Gasteiger partial charge in [-0.3, -0.25) is 9.59 Å². The number of carbonyl (C=O) groups excluding carboxylic acids is 2. The van der Waals surface area contributed by atoms with E-state index in [9.17, 15) is 9.59 Å². The molecule has 1 heterocycles. The summed E-state index contributed by atoms with van der Waals surface area (Å²) >= 11 is 0. The quantitative estimate of drug-likeness (QED) is 0.553. The fourth-order valence-electron chi connectivity index (χ4n) is 5.49. The Morgan fingerprint density at radius 2 is 2.09 bits per heavy atom. The number of nitrogens with zero attached hydrogens (tertiary/aromatic N) is 1. The fraction of sp³-hybridized carbons (Fsp3) is 0.556. The number of ether oxygens (including phenoxy) is 1. The number of likely N-dealkylation sites (tertiary alicyclic amines) is 1. The van der Waals surface area contributed by atoms with Crippen LogP contribution in [-0.4, -0.2) is 42.5 Å². The van der Waals surface area contributed by atoms with Crippen molar-refractivity contribution in [2.75, 3.05) is 19.6 Å². The van der Waals surface area contributed by atoms with E-state index in [4.69, 9.17) is 4.74 Å². The molecule has 3 atom stereocenters. The van der Waals surface area contributed by atoms with Gasteiger partial charge in [0.15, 0.2) is 0 Å². The zero-order valence-corrected chi connectivity index (χ0v) is 19.0. The number of rotatable bonds is 9. The molecule has 1 aromatic carbocycles. The monoisotopic (exact) mass is 438 g/mol. The minimum Gasteiger partial charge on any atom is -0.490 e. The third-order valence-corrected chi connectivity index (χ3v) is 7.28. The lowest BCUT2D eigenvalue weighted by Crippen LogP contribution is -2.41. The van der Waals surface area contributed by atoms with Crippen molar-refractivity contribution in [3.63, 3.8) is 0 Å². The van der Waals surface area contributed by atoms with Gasteiger partial charge in [0, 0.05) is 45.9 Å². The number of hydrogen-bond acceptors (Lipinski definition) is 3. The lowest BCUT2D eigenvalue weighted by molar-refractivity contribution is -0.132. The van der Waals surface area contributed by atoms with Crippen LogP contribution in [0.3, 0.4) is 0 Å². The SMILES string of the molecule is C=CCCC(=O)N1CCC(Oc2cccc(C(=O)NCCC3CC4C=CCC3C4)c2)CC1.[HH]. The first kappa shape index (κ1) is 22.6. The fourth-order valence-corrected chi connectivity index (χ4v) is 5.49. The molecule has 0 radical (unpaired) electrons. The predicted octanol–water partition coefficient (Wildman–Crippen LogP) is 4.99. The summed E-state index contributed by atoms with van der Waals surface area (Å²) in [5.74, 6) is 3.20. The van der Waals surface area contributed by atoms with Crippen LogP contribution in [0, 0.1) is 17.8 Å². The molecule has 174 valence electrons. The number of benzene rings is 1. The maximum Gasteiger partial charge on any atom is 0.251 e. The summed E-state index contributed by atoms with van der Waals surface area (Å²) in [6.45, 7) is 5.86. The number of allylic oxidation sites excluding steroid dienone is 3. The molecule has 0 aromatic heterocycles. The molecule has 0 spiro atoms. The number of hydrogen-bond donors (Lipinski definition) is 1. The first-order valence-corrected chi connectivity index (χ1v) is 12.2. The standard InChI is InChI=1S/C27H36N2O3.H2/c1-2-3-10-26(30)29-15-12-24(13-16-29)32-25-9-5-8-23(19-25)27(31)28-14-11-22-18-20-6-4-7-21(22)17-20;/h2,4-6,8-9,19-22,24H,1,3,7,10-18H2,(H,28,31);1H. The van der Waals surface area contributed by atoms with Crippen LogP contribution in [0.25, 0.3) is 0 Å². The smallest absolute Gasteiger partial charge is 0.251 e. The van der Waals surface area contributed by atoms with Crippen molar-refractivity contribution in [1.29, 1.82) is 0 Å². The molecule has 32 heavy (non-hydrogen) atoms. The van der Waals surface area contributed by atoms with E-state index in [1.165, 1.54) is 19.3 Å². The van der Waals surface area contributed by atoms with Gasteiger partial charge in [0.1, 0.15) is 11.9 Å². The van der Waals surface area contributed by atoms with Crippen molar-refractivity contribution < 1.29 is 15.8 Å². The van der Waals surface area contributed by atoms with Gasteiger partial charge < -0.3 is 15.0 Å². The highest BCUT2D eigenvalue weighted by Crippen LogP contribution is 2.43. The van der Waals surface area contributed by atoms with E-state index in [1.807, 2.05) is 29.2 Å². The number of carbonyl (C=O) groups is 2. The molecule has 1 saturated carbocycles. The minimum atomic E-state index is -0.0304. The zero-order valence-electron chi connectivity index (χ0n) is 19.0. The van der Waals surface area contributed by atoms with Crippen LogP contribution in [0.1, 0.15) is 63.2 Å². The highest BCUT2D eigenvalue weighted by Gasteiger charge is 2.34. The minimum absolute atomic E-state index is 0. The Labute approximate surface area is 193 Å². The molecular formula is C27H38N2O3. The number of amides is 2. The number of nitrogens with one attached hydrogen (secondary N) is 1. The van der Waals surface area contributed by atoms with E-state index in [1.54, 1.807) is 6.08 Å². The van der Waals surface area contributed by atoms with Gasteiger partial charge in [-0.1, -0.05) is 24.3 Å². The zero-order chi connectivity index (χ0) is 22.3. The summed E-state index contributed by atoms with van der Waals surface area (Å²) in [5.41, 5.74) is 0.645. The molecule has 4 rings (SSSR count). The van der Waals surface area contributed by atoms with E-state index in [0.717, 1.165) is 68.8 Å². The molecule has 1 aliphatic heterocycles. The van der Waals surface area contributed by atoms with Gasteiger partial charge in [-0.05, 0) is 68.1 Å². The maximum absolute atomic E-state index is 12.7. The summed E-state index contributed by atoms with van der Waals surface area (Å²) < 4.78 is 6.15. The van der Waals surface area contributed by atoms with Crippen LogP contribution in [-0.2, 0) is 4.79 Å². The normalized spacial score (nSPS) is 24.9. The summed E-state index contributed by atoms with van der Waals surface area (Å²) in [6, 6.07) is 7.47. The van der Waals surface area contributed by atoms with Crippen LogP contribution >= 0.6 is 0 Å². The van der Waals surface area contributed by atoms with Crippen LogP contribution < -0.4 is 10.1 Å². The van der Waals surface area contributed by atoms with Crippen LogP contribution in [0.2, 0.25) is 0 Å². The average Bonchev–Trinajstić information content (AvgIpc) is 3.10. The van der Waals surface area contributed by atoms with Gasteiger partial charge >= 0.3 is 0 Å². The van der Waals surface area contributed by atoms with Gasteiger partial charge in [0.25, 0.3) is 5.91 Å². The maximum atomic E-state index is 12.7. The number of fused-ring (bicyclic) bond motifs is 2. The van der Waals surface area contributed by atoms with Gasteiger partial charge in [0.2, 0.25) is 5.91 Å². The van der Waals surface area contributed by atoms with Crippen molar-refractivity contribution >= 4 is 11.8 Å². The molecule has 2 amide bonds. The molecule has 1 saturated heterocycles. The van der Waals surface area contributed by atoms with Crippen LogP contribution in [0.5, 0.6) is 5.75 Å². The summed E-state index contributed by atoms with van der Waals surface area (Å²) in [6.07, 6.45) is 14.3. The van der Waals surface area contributed by atoms with Crippen molar-refractivity contribution in [2.45, 2.75) is 57.5 Å². The van der Waals surface area contributed by atoms with Gasteiger partial charge in [-0.15, -0.1) is 6.58 Å². The molecule has 3 unspecified atom stereocenters. The van der Waals surface area contributed by atoms with Crippen molar-refractivity contribution in [2.24, 2.45) is 17.8 Å².